The molecule has 0 aromatic rings. The van der Waals surface area contributed by atoms with Crippen molar-refractivity contribution in [3.05, 3.63) is 35.5 Å². The monoisotopic (exact) mass is 432 g/mol. The van der Waals surface area contributed by atoms with E-state index in [1.165, 1.54) is 31.3 Å². The first-order chi connectivity index (χ1) is 14.4. The highest BCUT2D eigenvalue weighted by Crippen LogP contribution is 2.60. The van der Waals surface area contributed by atoms with Crippen LogP contribution in [0.2, 0.25) is 0 Å². The van der Waals surface area contributed by atoms with Crippen molar-refractivity contribution < 1.29 is 20.4 Å². The van der Waals surface area contributed by atoms with Crippen molar-refractivity contribution in [2.24, 2.45) is 23.2 Å². The van der Waals surface area contributed by atoms with Gasteiger partial charge in [0.05, 0.1) is 23.9 Å². The lowest BCUT2D eigenvalue weighted by Crippen LogP contribution is -2.38. The second kappa shape index (κ2) is 9.51. The van der Waals surface area contributed by atoms with Gasteiger partial charge in [-0.05, 0) is 99.5 Å². The minimum Gasteiger partial charge on any atom is -0.393 e. The van der Waals surface area contributed by atoms with Gasteiger partial charge in [-0.3, -0.25) is 0 Å². The minimum atomic E-state index is -1.04. The zero-order chi connectivity index (χ0) is 23.0. The fourth-order valence-corrected chi connectivity index (χ4v) is 6.65. The van der Waals surface area contributed by atoms with Gasteiger partial charge < -0.3 is 20.4 Å². The first-order valence-electron chi connectivity index (χ1n) is 12.3. The van der Waals surface area contributed by atoms with Gasteiger partial charge in [0.1, 0.15) is 0 Å². The molecule has 3 saturated carbocycles. The highest BCUT2D eigenvalue weighted by Gasteiger charge is 2.50. The van der Waals surface area contributed by atoms with E-state index >= 15 is 0 Å². The van der Waals surface area contributed by atoms with Crippen molar-refractivity contribution in [2.45, 2.75) is 109 Å². The summed E-state index contributed by atoms with van der Waals surface area (Å²) in [5, 5.41) is 40.5. The Balaban J connectivity index is 1.71. The Morgan fingerprint density at radius 1 is 1.19 bits per heavy atom. The summed E-state index contributed by atoms with van der Waals surface area (Å²) in [4.78, 5) is 0. The van der Waals surface area contributed by atoms with Crippen molar-refractivity contribution in [1.82, 2.24) is 0 Å². The van der Waals surface area contributed by atoms with E-state index in [9.17, 15) is 20.4 Å². The zero-order valence-electron chi connectivity index (χ0n) is 20.0. The van der Waals surface area contributed by atoms with Gasteiger partial charge in [-0.2, -0.15) is 0 Å². The van der Waals surface area contributed by atoms with Crippen LogP contribution in [0, 0.1) is 23.2 Å². The highest BCUT2D eigenvalue weighted by molar-refractivity contribution is 5.38. The molecule has 0 bridgehead atoms. The predicted octanol–water partition coefficient (Wildman–Crippen LogP) is 4.68. The van der Waals surface area contributed by atoms with Crippen molar-refractivity contribution >= 4 is 0 Å². The predicted molar refractivity (Wildman–Crippen MR) is 125 cm³/mol. The molecule has 4 heteroatoms. The molecule has 0 saturated heterocycles. The summed E-state index contributed by atoms with van der Waals surface area (Å²) < 4.78 is 0. The van der Waals surface area contributed by atoms with Gasteiger partial charge >= 0.3 is 0 Å². The maximum atomic E-state index is 10.3. The highest BCUT2D eigenvalue weighted by atomic mass is 16.3. The average molecular weight is 433 g/mol. The fourth-order valence-electron chi connectivity index (χ4n) is 6.65. The summed E-state index contributed by atoms with van der Waals surface area (Å²) in [7, 11) is 0. The molecule has 3 fully saturated rings. The smallest absolute Gasteiger partial charge is 0.0849 e. The van der Waals surface area contributed by atoms with Crippen LogP contribution in [-0.4, -0.2) is 44.3 Å². The lowest BCUT2D eigenvalue weighted by atomic mass is 9.60. The molecule has 31 heavy (non-hydrogen) atoms. The third-order valence-electron chi connectivity index (χ3n) is 8.70. The van der Waals surface area contributed by atoms with E-state index in [0.29, 0.717) is 37.0 Å². The minimum absolute atomic E-state index is 0.282. The SMILES string of the molecule is C=C1/C(=C\C=C2/CCC[C@]3(C)[C@@H]([C@H](C)CCC(O)C(C)(C)O)CC[C@@H]23)C[C@H](O)C[C@H]1O. The molecular formula is C27H44O4. The molecule has 0 amide bonds. The van der Waals surface area contributed by atoms with Crippen LogP contribution in [0.5, 0.6) is 0 Å². The first kappa shape index (κ1) is 24.7. The van der Waals surface area contributed by atoms with Gasteiger partial charge in [0, 0.05) is 6.42 Å². The van der Waals surface area contributed by atoms with Crippen LogP contribution >= 0.6 is 0 Å². The largest absolute Gasteiger partial charge is 0.393 e. The molecule has 0 heterocycles. The number of allylic oxidation sites excluding steroid dienone is 3. The average Bonchev–Trinajstić information content (AvgIpc) is 3.04. The number of rotatable bonds is 6. The van der Waals surface area contributed by atoms with Crippen LogP contribution in [0.3, 0.4) is 0 Å². The number of fused-ring (bicyclic) bond motifs is 1. The Morgan fingerprint density at radius 2 is 1.90 bits per heavy atom. The van der Waals surface area contributed by atoms with Gasteiger partial charge in [-0.1, -0.05) is 38.2 Å². The second-order valence-corrected chi connectivity index (χ2v) is 11.4. The molecule has 0 aliphatic heterocycles. The second-order valence-electron chi connectivity index (χ2n) is 11.4. The summed E-state index contributed by atoms with van der Waals surface area (Å²) >= 11 is 0. The molecular weight excluding hydrogens is 388 g/mol. The quantitative estimate of drug-likeness (QED) is 0.491. The number of hydrogen-bond donors (Lipinski definition) is 4. The summed E-state index contributed by atoms with van der Waals surface area (Å²) in [6.45, 7) is 12.2. The normalized spacial score (nSPS) is 39.0. The van der Waals surface area contributed by atoms with Gasteiger partial charge in [-0.15, -0.1) is 0 Å². The zero-order valence-corrected chi connectivity index (χ0v) is 20.0. The molecule has 0 aromatic carbocycles. The van der Waals surface area contributed by atoms with Crippen molar-refractivity contribution in [3.63, 3.8) is 0 Å². The molecule has 1 unspecified atom stereocenters. The first-order valence-corrected chi connectivity index (χ1v) is 12.3. The Labute approximate surface area is 188 Å². The molecule has 176 valence electrons. The fraction of sp³-hybridized carbons (Fsp3) is 0.778. The van der Waals surface area contributed by atoms with Gasteiger partial charge in [0.25, 0.3) is 0 Å². The van der Waals surface area contributed by atoms with Gasteiger partial charge in [-0.25, -0.2) is 0 Å². The Bertz CT molecular complexity index is 715. The van der Waals surface area contributed by atoms with E-state index in [0.717, 1.165) is 24.0 Å². The van der Waals surface area contributed by atoms with Crippen LogP contribution in [0.4, 0.5) is 0 Å². The van der Waals surface area contributed by atoms with Crippen LogP contribution in [0.15, 0.2) is 35.5 Å². The molecule has 3 rings (SSSR count). The lowest BCUT2D eigenvalue weighted by molar-refractivity contribution is -0.0554. The summed E-state index contributed by atoms with van der Waals surface area (Å²) in [6.07, 6.45) is 11.1. The Kier molecular flexibility index (Phi) is 7.57. The van der Waals surface area contributed by atoms with Gasteiger partial charge in [0.2, 0.25) is 0 Å². The van der Waals surface area contributed by atoms with E-state index in [4.69, 9.17) is 0 Å². The molecule has 4 nitrogen and oxygen atoms in total. The third kappa shape index (κ3) is 5.35. The van der Waals surface area contributed by atoms with Crippen LogP contribution in [0.25, 0.3) is 0 Å². The molecule has 0 radical (unpaired) electrons. The van der Waals surface area contributed by atoms with E-state index < -0.39 is 23.9 Å². The number of aliphatic hydroxyl groups excluding tert-OH is 3. The molecule has 7 atom stereocenters. The lowest BCUT2D eigenvalue weighted by Gasteiger charge is -2.44. The Morgan fingerprint density at radius 3 is 2.58 bits per heavy atom. The van der Waals surface area contributed by atoms with E-state index in [2.05, 4.69) is 32.6 Å². The van der Waals surface area contributed by atoms with Crippen molar-refractivity contribution in [2.75, 3.05) is 0 Å². The van der Waals surface area contributed by atoms with E-state index in [1.807, 2.05) is 0 Å². The van der Waals surface area contributed by atoms with Crippen LogP contribution in [0.1, 0.15) is 85.5 Å². The molecule has 4 N–H and O–H groups in total. The van der Waals surface area contributed by atoms with Gasteiger partial charge in [0.15, 0.2) is 0 Å². The van der Waals surface area contributed by atoms with Crippen molar-refractivity contribution in [3.8, 4) is 0 Å². The Hall–Kier alpha value is -0.940. The molecule has 0 spiro atoms. The molecule has 3 aliphatic rings. The van der Waals surface area contributed by atoms with Crippen LogP contribution < -0.4 is 0 Å². The standard InChI is InChI=1S/C27H44O4/c1-17(8-13-25(30)26(3,4)31)22-11-12-23-19(7-6-14-27(22,23)5)9-10-20-15-21(28)16-24(29)18(20)2/h9-10,17,21-25,28-31H,2,6-8,11-16H2,1,3-5H3/b19-9+,20-10-/t17-,21+,22-,23+,24-,25?,27-/m1/s1. The molecule has 3 aliphatic carbocycles. The van der Waals surface area contributed by atoms with Crippen molar-refractivity contribution in [1.29, 1.82) is 0 Å². The third-order valence-corrected chi connectivity index (χ3v) is 8.70. The summed E-state index contributed by atoms with van der Waals surface area (Å²) in [5.74, 6) is 1.74. The van der Waals surface area contributed by atoms with E-state index in [-0.39, 0.29) is 5.41 Å². The topological polar surface area (TPSA) is 80.9 Å². The maximum absolute atomic E-state index is 10.3. The molecule has 0 aromatic heterocycles. The van der Waals surface area contributed by atoms with E-state index in [1.54, 1.807) is 13.8 Å². The summed E-state index contributed by atoms with van der Waals surface area (Å²) in [5.41, 5.74) is 2.48. The maximum Gasteiger partial charge on any atom is 0.0849 e. The number of aliphatic hydroxyl groups is 4. The number of hydrogen-bond acceptors (Lipinski definition) is 4. The summed E-state index contributed by atoms with van der Waals surface area (Å²) in [6, 6.07) is 0. The van der Waals surface area contributed by atoms with Crippen LogP contribution in [-0.2, 0) is 0 Å².